The first-order valence-corrected chi connectivity index (χ1v) is 21.1. The van der Waals surface area contributed by atoms with Gasteiger partial charge in [0, 0.05) is 0 Å². The molecule has 1 aliphatic rings. The molecule has 6 aromatic rings. The first kappa shape index (κ1) is 44.9. The zero-order valence-corrected chi connectivity index (χ0v) is 35.0. The van der Waals surface area contributed by atoms with Crippen LogP contribution < -0.4 is 5.32 Å². The second-order valence-corrected chi connectivity index (χ2v) is 15.0. The number of esters is 1. The summed E-state index contributed by atoms with van der Waals surface area (Å²) >= 11 is 0. The van der Waals surface area contributed by atoms with Crippen LogP contribution in [-0.4, -0.2) is 62.0 Å². The standard InChI is InChI=1S/C52H53NO10/c54-50(60-35-43-27-15-5-16-28-43)45(53-52(55)62-36-44-29-17-6-18-30-44)37-61-51-49(59-34-42-25-13-4-14-26-42)48(58-33-41-23-11-3-12-24-41)47(57-32-40-21-9-2-10-22-40)46(63-51)38-56-31-39-19-7-1-8-20-39/h1-30,45-49,51H,31-38H2,(H,53,55)/t45-,46+,47+,48-,49+,51+/m0/s1. The van der Waals surface area contributed by atoms with Crippen molar-refractivity contribution in [1.29, 1.82) is 0 Å². The summed E-state index contributed by atoms with van der Waals surface area (Å²) in [5.41, 5.74) is 5.38. The number of hydrogen-bond acceptors (Lipinski definition) is 10. The first-order chi connectivity index (χ1) is 31.1. The molecule has 11 nitrogen and oxygen atoms in total. The molecule has 63 heavy (non-hydrogen) atoms. The molecule has 0 bridgehead atoms. The zero-order valence-electron chi connectivity index (χ0n) is 35.0. The van der Waals surface area contributed by atoms with Crippen molar-refractivity contribution < 1.29 is 47.5 Å². The minimum Gasteiger partial charge on any atom is -0.459 e. The highest BCUT2D eigenvalue weighted by atomic mass is 16.7. The normalized spacial score (nSPS) is 18.8. The molecule has 0 unspecified atom stereocenters. The molecule has 0 aromatic heterocycles. The van der Waals surface area contributed by atoms with Gasteiger partial charge in [0.05, 0.1) is 39.6 Å². The van der Waals surface area contributed by atoms with Crippen molar-refractivity contribution in [3.8, 4) is 0 Å². The third-order valence-corrected chi connectivity index (χ3v) is 10.3. The van der Waals surface area contributed by atoms with E-state index >= 15 is 0 Å². The molecule has 1 N–H and O–H groups in total. The number of rotatable bonds is 22. The summed E-state index contributed by atoms with van der Waals surface area (Å²) in [6, 6.07) is 56.5. The number of nitrogens with one attached hydrogen (secondary N) is 1. The highest BCUT2D eigenvalue weighted by Crippen LogP contribution is 2.32. The van der Waals surface area contributed by atoms with E-state index in [1.54, 1.807) is 0 Å². The maximum absolute atomic E-state index is 13.8. The van der Waals surface area contributed by atoms with Gasteiger partial charge in [0.25, 0.3) is 0 Å². The van der Waals surface area contributed by atoms with Crippen LogP contribution in [0.2, 0.25) is 0 Å². The second-order valence-electron chi connectivity index (χ2n) is 15.0. The fourth-order valence-electron chi connectivity index (χ4n) is 6.98. The summed E-state index contributed by atoms with van der Waals surface area (Å²) in [7, 11) is 0. The molecule has 326 valence electrons. The molecule has 1 aliphatic heterocycles. The molecular formula is C52H53NO10. The topological polar surface area (TPSA) is 120 Å². The lowest BCUT2D eigenvalue weighted by atomic mass is 9.97. The van der Waals surface area contributed by atoms with Crippen molar-refractivity contribution in [2.24, 2.45) is 0 Å². The van der Waals surface area contributed by atoms with Gasteiger partial charge in [-0.1, -0.05) is 182 Å². The van der Waals surface area contributed by atoms with Crippen LogP contribution in [0, 0.1) is 0 Å². The number of ether oxygens (including phenoxy) is 8. The van der Waals surface area contributed by atoms with Gasteiger partial charge < -0.3 is 43.2 Å². The van der Waals surface area contributed by atoms with Gasteiger partial charge in [0.1, 0.15) is 37.6 Å². The summed E-state index contributed by atoms with van der Waals surface area (Å²) in [5, 5.41) is 2.67. The summed E-state index contributed by atoms with van der Waals surface area (Å²) < 4.78 is 51.2. The Bertz CT molecular complexity index is 2200. The lowest BCUT2D eigenvalue weighted by Crippen LogP contribution is -2.62. The summed E-state index contributed by atoms with van der Waals surface area (Å²) in [6.07, 6.45) is -5.06. The van der Waals surface area contributed by atoms with Gasteiger partial charge in [0.15, 0.2) is 12.3 Å². The molecule has 0 saturated carbocycles. The van der Waals surface area contributed by atoms with Crippen LogP contribution in [0.3, 0.4) is 0 Å². The van der Waals surface area contributed by atoms with Crippen LogP contribution in [0.4, 0.5) is 4.79 Å². The van der Waals surface area contributed by atoms with Crippen molar-refractivity contribution in [3.05, 3.63) is 215 Å². The Balaban J connectivity index is 1.17. The molecule has 7 rings (SSSR count). The Labute approximate surface area is 368 Å². The van der Waals surface area contributed by atoms with Crippen LogP contribution in [0.25, 0.3) is 0 Å². The van der Waals surface area contributed by atoms with Gasteiger partial charge in [0.2, 0.25) is 0 Å². The van der Waals surface area contributed by atoms with E-state index in [0.29, 0.717) is 6.61 Å². The van der Waals surface area contributed by atoms with E-state index in [0.717, 1.165) is 33.4 Å². The van der Waals surface area contributed by atoms with Crippen molar-refractivity contribution in [1.82, 2.24) is 5.32 Å². The Hall–Kier alpha value is -6.18. The van der Waals surface area contributed by atoms with E-state index in [-0.39, 0.29) is 46.2 Å². The van der Waals surface area contributed by atoms with Gasteiger partial charge in [-0.3, -0.25) is 0 Å². The molecule has 1 amide bonds. The monoisotopic (exact) mass is 851 g/mol. The average Bonchev–Trinajstić information content (AvgIpc) is 3.34. The summed E-state index contributed by atoms with van der Waals surface area (Å²) in [4.78, 5) is 27.1. The predicted octanol–water partition coefficient (Wildman–Crippen LogP) is 8.74. The Morgan fingerprint density at radius 3 is 1.29 bits per heavy atom. The van der Waals surface area contributed by atoms with Crippen molar-refractivity contribution in [2.45, 2.75) is 76.4 Å². The SMILES string of the molecule is O=C(N[C@@H](CO[C@@H]1O[C@H](COCc2ccccc2)[C@@H](OCc2ccccc2)[C@H](OCc2ccccc2)[C@H]1OCc1ccccc1)C(=O)OCc1ccccc1)OCc1ccccc1. The molecule has 1 fully saturated rings. The fourth-order valence-corrected chi connectivity index (χ4v) is 6.98. The number of hydrogen-bond donors (Lipinski definition) is 1. The van der Waals surface area contributed by atoms with E-state index in [4.69, 9.17) is 37.9 Å². The molecular weight excluding hydrogens is 799 g/mol. The number of alkyl carbamates (subject to hydrolysis) is 1. The van der Waals surface area contributed by atoms with Gasteiger partial charge in [-0.05, 0) is 33.4 Å². The number of amides is 1. The molecule has 1 saturated heterocycles. The third kappa shape index (κ3) is 14.4. The van der Waals surface area contributed by atoms with Gasteiger partial charge in [-0.15, -0.1) is 0 Å². The molecule has 0 spiro atoms. The van der Waals surface area contributed by atoms with Gasteiger partial charge in [-0.25, -0.2) is 9.59 Å². The van der Waals surface area contributed by atoms with Crippen molar-refractivity contribution in [3.63, 3.8) is 0 Å². The van der Waals surface area contributed by atoms with E-state index < -0.39 is 48.8 Å². The van der Waals surface area contributed by atoms with Crippen molar-refractivity contribution >= 4 is 12.1 Å². The fraction of sp³-hybridized carbons (Fsp3) is 0.269. The maximum Gasteiger partial charge on any atom is 0.408 e. The van der Waals surface area contributed by atoms with Crippen LogP contribution in [0.5, 0.6) is 0 Å². The second kappa shape index (κ2) is 24.5. The number of carbonyl (C=O) groups excluding carboxylic acids is 2. The van der Waals surface area contributed by atoms with E-state index in [1.165, 1.54) is 0 Å². The predicted molar refractivity (Wildman–Crippen MR) is 236 cm³/mol. The minimum atomic E-state index is -1.29. The molecule has 6 aromatic carbocycles. The van der Waals surface area contributed by atoms with Gasteiger partial charge >= 0.3 is 12.1 Å². The minimum absolute atomic E-state index is 0.00405. The lowest BCUT2D eigenvalue weighted by molar-refractivity contribution is -0.329. The molecule has 6 atom stereocenters. The Morgan fingerprint density at radius 1 is 0.444 bits per heavy atom. The van der Waals surface area contributed by atoms with Crippen LogP contribution >= 0.6 is 0 Å². The van der Waals surface area contributed by atoms with Gasteiger partial charge in [-0.2, -0.15) is 0 Å². The van der Waals surface area contributed by atoms with E-state index in [1.807, 2.05) is 182 Å². The zero-order chi connectivity index (χ0) is 43.3. The highest BCUT2D eigenvalue weighted by Gasteiger charge is 2.49. The first-order valence-electron chi connectivity index (χ1n) is 21.1. The Morgan fingerprint density at radius 2 is 0.825 bits per heavy atom. The quantitative estimate of drug-likeness (QED) is 0.0665. The van der Waals surface area contributed by atoms with Crippen LogP contribution in [0.15, 0.2) is 182 Å². The average molecular weight is 852 g/mol. The maximum atomic E-state index is 13.8. The largest absolute Gasteiger partial charge is 0.459 e. The highest BCUT2D eigenvalue weighted by molar-refractivity contribution is 5.81. The summed E-state index contributed by atoms with van der Waals surface area (Å²) in [5.74, 6) is -0.725. The third-order valence-electron chi connectivity index (χ3n) is 10.3. The van der Waals surface area contributed by atoms with Crippen molar-refractivity contribution in [2.75, 3.05) is 13.2 Å². The lowest BCUT2D eigenvalue weighted by Gasteiger charge is -2.46. The smallest absolute Gasteiger partial charge is 0.408 e. The molecule has 11 heteroatoms. The van der Waals surface area contributed by atoms with E-state index in [9.17, 15) is 9.59 Å². The van der Waals surface area contributed by atoms with E-state index in [2.05, 4.69) is 5.32 Å². The Kier molecular flexibility index (Phi) is 17.4. The number of benzene rings is 6. The molecule has 1 heterocycles. The van der Waals surface area contributed by atoms with Crippen LogP contribution in [-0.2, 0) is 82.3 Å². The summed E-state index contributed by atoms with van der Waals surface area (Å²) in [6.45, 7) is 0.733. The molecule has 0 radical (unpaired) electrons. The molecule has 0 aliphatic carbocycles. The van der Waals surface area contributed by atoms with Crippen LogP contribution in [0.1, 0.15) is 33.4 Å². The number of carbonyl (C=O) groups is 2.